The lowest BCUT2D eigenvalue weighted by Crippen LogP contribution is -2.02. The van der Waals surface area contributed by atoms with Gasteiger partial charge in [-0.05, 0) is 6.92 Å². The van der Waals surface area contributed by atoms with Gasteiger partial charge < -0.3 is 10.5 Å². The van der Waals surface area contributed by atoms with Crippen LogP contribution in [-0.4, -0.2) is 16.6 Å². The minimum absolute atomic E-state index is 0. The van der Waals surface area contributed by atoms with Crippen molar-refractivity contribution in [2.24, 2.45) is 5.73 Å². The predicted molar refractivity (Wildman–Crippen MR) is 55.6 cm³/mol. The molecule has 76 valence electrons. The van der Waals surface area contributed by atoms with Gasteiger partial charge in [0, 0.05) is 12.7 Å². The molecule has 0 unspecified atom stereocenters. The molecule has 0 atom stereocenters. The highest BCUT2D eigenvalue weighted by Gasteiger charge is 1.95. The van der Waals surface area contributed by atoms with Gasteiger partial charge in [0.15, 0.2) is 0 Å². The summed E-state index contributed by atoms with van der Waals surface area (Å²) in [6.45, 7) is 2.90. The second kappa shape index (κ2) is 8.04. The van der Waals surface area contributed by atoms with Crippen LogP contribution in [0.2, 0.25) is 0 Å². The summed E-state index contributed by atoms with van der Waals surface area (Å²) in [6, 6.07) is 0. The topological polar surface area (TPSA) is 61.0 Å². The molecule has 0 saturated carbocycles. The number of nitrogens with zero attached hydrogens (tertiary/aromatic N) is 2. The van der Waals surface area contributed by atoms with E-state index in [1.807, 2.05) is 6.92 Å². The Morgan fingerprint density at radius 2 is 2.08 bits per heavy atom. The standard InChI is InChI=1S/C7H11N3O.2ClH/c1-2-11-7-5-9-4-6(3-8)10-7;;/h4-5H,2-3,8H2,1H3;2*1H. The molecule has 0 aliphatic carbocycles. The van der Waals surface area contributed by atoms with Crippen LogP contribution in [0.5, 0.6) is 5.88 Å². The lowest BCUT2D eigenvalue weighted by atomic mass is 10.5. The maximum Gasteiger partial charge on any atom is 0.232 e. The summed E-state index contributed by atoms with van der Waals surface area (Å²) in [4.78, 5) is 7.98. The van der Waals surface area contributed by atoms with Gasteiger partial charge >= 0.3 is 0 Å². The van der Waals surface area contributed by atoms with Crippen LogP contribution in [0.3, 0.4) is 0 Å². The van der Waals surface area contributed by atoms with E-state index in [4.69, 9.17) is 10.5 Å². The summed E-state index contributed by atoms with van der Waals surface area (Å²) in [7, 11) is 0. The Hall–Kier alpha value is -0.580. The number of rotatable bonds is 3. The van der Waals surface area contributed by atoms with Crippen molar-refractivity contribution in [3.63, 3.8) is 0 Å². The molecular weight excluding hydrogens is 213 g/mol. The third-order valence-corrected chi connectivity index (χ3v) is 1.16. The fourth-order valence-corrected chi connectivity index (χ4v) is 0.702. The van der Waals surface area contributed by atoms with Crippen LogP contribution < -0.4 is 10.5 Å². The highest BCUT2D eigenvalue weighted by atomic mass is 35.5. The molecule has 6 heteroatoms. The molecule has 0 saturated heterocycles. The zero-order chi connectivity index (χ0) is 8.10. The number of nitrogens with two attached hydrogens (primary N) is 1. The first-order chi connectivity index (χ1) is 5.36. The van der Waals surface area contributed by atoms with Crippen molar-refractivity contribution in [1.82, 2.24) is 9.97 Å². The molecule has 2 N–H and O–H groups in total. The number of ether oxygens (including phenoxy) is 1. The first-order valence-corrected chi connectivity index (χ1v) is 3.50. The van der Waals surface area contributed by atoms with Gasteiger partial charge in [-0.15, -0.1) is 24.8 Å². The molecule has 1 aromatic heterocycles. The van der Waals surface area contributed by atoms with Gasteiger partial charge in [0.25, 0.3) is 0 Å². The fourth-order valence-electron chi connectivity index (χ4n) is 0.702. The van der Waals surface area contributed by atoms with Crippen LogP contribution in [0.1, 0.15) is 12.6 Å². The van der Waals surface area contributed by atoms with E-state index in [-0.39, 0.29) is 24.8 Å². The summed E-state index contributed by atoms with van der Waals surface area (Å²) in [5.74, 6) is 0.537. The van der Waals surface area contributed by atoms with E-state index in [2.05, 4.69) is 9.97 Å². The first-order valence-electron chi connectivity index (χ1n) is 3.50. The molecule has 13 heavy (non-hydrogen) atoms. The molecule has 0 aliphatic rings. The molecule has 0 bridgehead atoms. The molecule has 0 fully saturated rings. The number of hydrogen-bond acceptors (Lipinski definition) is 4. The average molecular weight is 226 g/mol. The van der Waals surface area contributed by atoms with Crippen LogP contribution in [0.4, 0.5) is 0 Å². The maximum atomic E-state index is 5.36. The Labute approximate surface area is 89.7 Å². The third kappa shape index (κ3) is 4.87. The van der Waals surface area contributed by atoms with Gasteiger partial charge in [-0.1, -0.05) is 0 Å². The SMILES string of the molecule is CCOc1cncc(CN)n1.Cl.Cl. The molecule has 1 heterocycles. The molecule has 1 rings (SSSR count). The molecule has 0 radical (unpaired) electrons. The summed E-state index contributed by atoms with van der Waals surface area (Å²) in [5, 5.41) is 0. The van der Waals surface area contributed by atoms with Crippen LogP contribution in [-0.2, 0) is 6.54 Å². The minimum Gasteiger partial charge on any atom is -0.477 e. The highest BCUT2D eigenvalue weighted by molar-refractivity contribution is 5.85. The predicted octanol–water partition coefficient (Wildman–Crippen LogP) is 1.18. The van der Waals surface area contributed by atoms with E-state index in [9.17, 15) is 0 Å². The van der Waals surface area contributed by atoms with Crippen LogP contribution >= 0.6 is 24.8 Å². The molecule has 0 aromatic carbocycles. The molecule has 1 aromatic rings. The van der Waals surface area contributed by atoms with Crippen LogP contribution in [0.15, 0.2) is 12.4 Å². The Morgan fingerprint density at radius 3 is 2.62 bits per heavy atom. The highest BCUT2D eigenvalue weighted by Crippen LogP contribution is 2.03. The van der Waals surface area contributed by atoms with E-state index in [1.54, 1.807) is 12.4 Å². The summed E-state index contributed by atoms with van der Waals surface area (Å²) in [6.07, 6.45) is 3.20. The lowest BCUT2D eigenvalue weighted by molar-refractivity contribution is 0.324. The van der Waals surface area contributed by atoms with Crippen molar-refractivity contribution in [1.29, 1.82) is 0 Å². The third-order valence-electron chi connectivity index (χ3n) is 1.16. The fraction of sp³-hybridized carbons (Fsp3) is 0.429. The van der Waals surface area contributed by atoms with Crippen molar-refractivity contribution in [2.45, 2.75) is 13.5 Å². The van der Waals surface area contributed by atoms with Gasteiger partial charge in [0.1, 0.15) is 0 Å². The summed E-state index contributed by atoms with van der Waals surface area (Å²) < 4.78 is 5.12. The zero-order valence-corrected chi connectivity index (χ0v) is 8.90. The van der Waals surface area contributed by atoms with Crippen molar-refractivity contribution in [3.8, 4) is 5.88 Å². The first kappa shape index (κ1) is 14.9. The molecular formula is C7H13Cl2N3O. The molecule has 4 nitrogen and oxygen atoms in total. The Morgan fingerprint density at radius 1 is 1.38 bits per heavy atom. The normalized spacial score (nSPS) is 8.15. The molecule has 0 spiro atoms. The molecule has 0 amide bonds. The van der Waals surface area contributed by atoms with Crippen LogP contribution in [0, 0.1) is 0 Å². The number of halogens is 2. The van der Waals surface area contributed by atoms with Gasteiger partial charge in [-0.25, -0.2) is 4.98 Å². The second-order valence-corrected chi connectivity index (χ2v) is 1.99. The summed E-state index contributed by atoms with van der Waals surface area (Å²) in [5.41, 5.74) is 6.10. The summed E-state index contributed by atoms with van der Waals surface area (Å²) >= 11 is 0. The zero-order valence-electron chi connectivity index (χ0n) is 7.27. The average Bonchev–Trinajstić information content (AvgIpc) is 2.06. The van der Waals surface area contributed by atoms with Crippen molar-refractivity contribution in [3.05, 3.63) is 18.1 Å². The van der Waals surface area contributed by atoms with Crippen molar-refractivity contribution in [2.75, 3.05) is 6.61 Å². The van der Waals surface area contributed by atoms with Gasteiger partial charge in [-0.3, -0.25) is 4.98 Å². The van der Waals surface area contributed by atoms with E-state index < -0.39 is 0 Å². The van der Waals surface area contributed by atoms with Crippen LogP contribution in [0.25, 0.3) is 0 Å². The second-order valence-electron chi connectivity index (χ2n) is 1.99. The Balaban J connectivity index is 0. The van der Waals surface area contributed by atoms with E-state index >= 15 is 0 Å². The monoisotopic (exact) mass is 225 g/mol. The van der Waals surface area contributed by atoms with Gasteiger partial charge in [0.2, 0.25) is 5.88 Å². The van der Waals surface area contributed by atoms with E-state index in [0.717, 1.165) is 5.69 Å². The Bertz CT molecular complexity index is 235. The minimum atomic E-state index is 0. The van der Waals surface area contributed by atoms with E-state index in [0.29, 0.717) is 19.0 Å². The number of aromatic nitrogens is 2. The van der Waals surface area contributed by atoms with Gasteiger partial charge in [0.05, 0.1) is 18.5 Å². The number of hydrogen-bond donors (Lipinski definition) is 1. The quantitative estimate of drug-likeness (QED) is 0.840. The largest absolute Gasteiger partial charge is 0.477 e. The maximum absolute atomic E-state index is 5.36. The van der Waals surface area contributed by atoms with Gasteiger partial charge in [-0.2, -0.15) is 0 Å². The van der Waals surface area contributed by atoms with Crippen molar-refractivity contribution >= 4 is 24.8 Å². The smallest absolute Gasteiger partial charge is 0.232 e. The molecule has 0 aliphatic heterocycles. The van der Waals surface area contributed by atoms with E-state index in [1.165, 1.54) is 0 Å². The van der Waals surface area contributed by atoms with Crippen molar-refractivity contribution < 1.29 is 4.74 Å². The Kier molecular flexibility index (Phi) is 9.22. The lowest BCUT2D eigenvalue weighted by Gasteiger charge is -2.01.